The van der Waals surface area contributed by atoms with Gasteiger partial charge in [0.25, 0.3) is 0 Å². The van der Waals surface area contributed by atoms with Gasteiger partial charge in [-0.1, -0.05) is 11.4 Å². The third-order valence-corrected chi connectivity index (χ3v) is 4.98. The zero-order chi connectivity index (χ0) is 11.8. The highest BCUT2D eigenvalue weighted by Gasteiger charge is 2.13. The zero-order valence-corrected chi connectivity index (χ0v) is 12.3. The number of rotatable bonds is 8. The Kier molecular flexibility index (Phi) is 8.92. The van der Waals surface area contributed by atoms with Crippen LogP contribution in [0.2, 0.25) is 0 Å². The average molecular weight is 253 g/mol. The highest BCUT2D eigenvalue weighted by molar-refractivity contribution is 8.50. The van der Waals surface area contributed by atoms with E-state index in [0.29, 0.717) is 18.7 Å². The molecule has 0 spiro atoms. The van der Waals surface area contributed by atoms with Gasteiger partial charge in [0.1, 0.15) is 0 Å². The molecule has 0 aromatic rings. The Bertz CT molecular complexity index is 180. The van der Waals surface area contributed by atoms with Gasteiger partial charge in [0.2, 0.25) is 7.23 Å². The zero-order valence-electron chi connectivity index (χ0n) is 10.4. The standard InChI is InChI=1S/C10H24NO2PS/c1-6-13-14(12)15-8-7-11(9(2)3)10(4)5/h9-10,14H,6-8H2,1-5H3. The predicted octanol–water partition coefficient (Wildman–Crippen LogP) is 3.26. The normalized spacial score (nSPS) is 14.1. The van der Waals surface area contributed by atoms with Crippen molar-refractivity contribution in [2.24, 2.45) is 0 Å². The van der Waals surface area contributed by atoms with Crippen molar-refractivity contribution in [3.63, 3.8) is 0 Å². The molecule has 1 atom stereocenters. The van der Waals surface area contributed by atoms with Crippen molar-refractivity contribution in [1.29, 1.82) is 0 Å². The maximum atomic E-state index is 11.3. The third-order valence-electron chi connectivity index (χ3n) is 2.16. The van der Waals surface area contributed by atoms with E-state index < -0.39 is 7.23 Å². The maximum absolute atomic E-state index is 11.3. The summed E-state index contributed by atoms with van der Waals surface area (Å²) in [7, 11) is -1.85. The summed E-state index contributed by atoms with van der Waals surface area (Å²) in [5.41, 5.74) is 0. The molecule has 0 saturated heterocycles. The number of nitrogens with zero attached hydrogens (tertiary/aromatic N) is 1. The molecule has 0 amide bonds. The molecule has 0 bridgehead atoms. The Morgan fingerprint density at radius 1 is 1.27 bits per heavy atom. The van der Waals surface area contributed by atoms with Crippen molar-refractivity contribution in [3.8, 4) is 0 Å². The molecule has 0 N–H and O–H groups in total. The summed E-state index contributed by atoms with van der Waals surface area (Å²) < 4.78 is 16.3. The molecule has 0 aliphatic rings. The summed E-state index contributed by atoms with van der Waals surface area (Å²) in [6.45, 7) is 12.2. The Labute approximate surface area is 98.6 Å². The van der Waals surface area contributed by atoms with Crippen LogP contribution in [0.5, 0.6) is 0 Å². The summed E-state index contributed by atoms with van der Waals surface area (Å²) in [6.07, 6.45) is 0. The largest absolute Gasteiger partial charge is 0.323 e. The minimum Gasteiger partial charge on any atom is -0.323 e. The van der Waals surface area contributed by atoms with Gasteiger partial charge in [0.05, 0.1) is 6.61 Å². The third kappa shape index (κ3) is 7.40. The van der Waals surface area contributed by atoms with E-state index in [0.717, 1.165) is 12.3 Å². The molecular formula is C10H24NO2PS. The van der Waals surface area contributed by atoms with Crippen LogP contribution in [0.1, 0.15) is 34.6 Å². The van der Waals surface area contributed by atoms with Crippen LogP contribution in [0.3, 0.4) is 0 Å². The second-order valence-corrected chi connectivity index (χ2v) is 7.31. The van der Waals surface area contributed by atoms with E-state index in [1.165, 1.54) is 11.4 Å². The van der Waals surface area contributed by atoms with E-state index in [9.17, 15) is 4.57 Å². The molecule has 0 heterocycles. The van der Waals surface area contributed by atoms with Crippen molar-refractivity contribution in [1.82, 2.24) is 4.90 Å². The van der Waals surface area contributed by atoms with Crippen LogP contribution in [0, 0.1) is 0 Å². The van der Waals surface area contributed by atoms with Crippen LogP contribution in [-0.4, -0.2) is 35.9 Å². The lowest BCUT2D eigenvalue weighted by Crippen LogP contribution is -2.38. The van der Waals surface area contributed by atoms with Gasteiger partial charge in [-0.2, -0.15) is 0 Å². The quantitative estimate of drug-likeness (QED) is 0.621. The molecule has 92 valence electrons. The lowest BCUT2D eigenvalue weighted by Gasteiger charge is -2.30. The number of hydrogen-bond donors (Lipinski definition) is 0. The van der Waals surface area contributed by atoms with Gasteiger partial charge in [-0.15, -0.1) is 0 Å². The van der Waals surface area contributed by atoms with Crippen LogP contribution in [0.25, 0.3) is 0 Å². The molecule has 0 fully saturated rings. The molecular weight excluding hydrogens is 229 g/mol. The van der Waals surface area contributed by atoms with E-state index in [4.69, 9.17) is 4.52 Å². The fourth-order valence-corrected chi connectivity index (χ4v) is 3.67. The van der Waals surface area contributed by atoms with Gasteiger partial charge >= 0.3 is 0 Å². The summed E-state index contributed by atoms with van der Waals surface area (Å²) >= 11 is 1.45. The van der Waals surface area contributed by atoms with E-state index in [-0.39, 0.29) is 0 Å². The first-order chi connectivity index (χ1) is 6.99. The molecule has 3 nitrogen and oxygen atoms in total. The minimum absolute atomic E-state index is 0.542. The van der Waals surface area contributed by atoms with Gasteiger partial charge in [-0.3, -0.25) is 9.46 Å². The predicted molar refractivity (Wildman–Crippen MR) is 70.1 cm³/mol. The van der Waals surface area contributed by atoms with Gasteiger partial charge < -0.3 is 4.52 Å². The maximum Gasteiger partial charge on any atom is 0.246 e. The van der Waals surface area contributed by atoms with Gasteiger partial charge in [0.15, 0.2) is 0 Å². The fraction of sp³-hybridized carbons (Fsp3) is 1.00. The van der Waals surface area contributed by atoms with Gasteiger partial charge in [-0.05, 0) is 34.6 Å². The average Bonchev–Trinajstić information content (AvgIpc) is 2.11. The second kappa shape index (κ2) is 8.63. The lowest BCUT2D eigenvalue weighted by atomic mass is 10.2. The SMILES string of the molecule is CCO[PH](=O)SCCN(C(C)C)C(C)C. The fourth-order valence-electron chi connectivity index (χ4n) is 1.51. The van der Waals surface area contributed by atoms with Crippen molar-refractivity contribution in [3.05, 3.63) is 0 Å². The highest BCUT2D eigenvalue weighted by Crippen LogP contribution is 2.38. The van der Waals surface area contributed by atoms with E-state index >= 15 is 0 Å². The molecule has 0 aliphatic heterocycles. The van der Waals surface area contributed by atoms with Crippen LogP contribution in [-0.2, 0) is 9.09 Å². The van der Waals surface area contributed by atoms with Crippen LogP contribution in [0.15, 0.2) is 0 Å². The summed E-state index contributed by atoms with van der Waals surface area (Å²) in [4.78, 5) is 2.40. The van der Waals surface area contributed by atoms with Crippen molar-refractivity contribution >= 4 is 18.6 Å². The first-order valence-corrected chi connectivity index (χ1v) is 8.57. The van der Waals surface area contributed by atoms with Crippen molar-refractivity contribution in [2.45, 2.75) is 46.7 Å². The first kappa shape index (κ1) is 15.5. The molecule has 0 aromatic heterocycles. The van der Waals surface area contributed by atoms with E-state index in [1.807, 2.05) is 6.92 Å². The molecule has 5 heteroatoms. The van der Waals surface area contributed by atoms with E-state index in [1.54, 1.807) is 0 Å². The van der Waals surface area contributed by atoms with Crippen LogP contribution >= 0.6 is 18.6 Å². The van der Waals surface area contributed by atoms with Crippen LogP contribution < -0.4 is 0 Å². The van der Waals surface area contributed by atoms with Crippen molar-refractivity contribution < 1.29 is 9.09 Å². The minimum atomic E-state index is -1.85. The molecule has 15 heavy (non-hydrogen) atoms. The first-order valence-electron chi connectivity index (χ1n) is 5.54. The molecule has 0 aliphatic carbocycles. The summed E-state index contributed by atoms with van der Waals surface area (Å²) in [5, 5.41) is 0. The molecule has 0 saturated carbocycles. The van der Waals surface area contributed by atoms with E-state index in [2.05, 4.69) is 32.6 Å². The molecule has 0 radical (unpaired) electrons. The van der Waals surface area contributed by atoms with Gasteiger partial charge in [0, 0.05) is 24.4 Å². The van der Waals surface area contributed by atoms with Gasteiger partial charge in [-0.25, -0.2) is 0 Å². The monoisotopic (exact) mass is 253 g/mol. The lowest BCUT2D eigenvalue weighted by molar-refractivity contribution is 0.187. The Morgan fingerprint density at radius 3 is 2.20 bits per heavy atom. The second-order valence-electron chi connectivity index (χ2n) is 3.96. The highest BCUT2D eigenvalue weighted by atomic mass is 32.7. The summed E-state index contributed by atoms with van der Waals surface area (Å²) in [5.74, 6) is 0.883. The molecule has 1 unspecified atom stereocenters. The van der Waals surface area contributed by atoms with Crippen LogP contribution in [0.4, 0.5) is 0 Å². The Hall–Kier alpha value is 0.500. The Balaban J connectivity index is 3.76. The topological polar surface area (TPSA) is 29.5 Å². The summed E-state index contributed by atoms with van der Waals surface area (Å²) in [6, 6.07) is 1.08. The van der Waals surface area contributed by atoms with Crippen molar-refractivity contribution in [2.75, 3.05) is 18.9 Å². The molecule has 0 aromatic carbocycles. The Morgan fingerprint density at radius 2 is 1.80 bits per heavy atom. The smallest absolute Gasteiger partial charge is 0.246 e. The molecule has 0 rings (SSSR count). The number of hydrogen-bond acceptors (Lipinski definition) is 4.